The van der Waals surface area contributed by atoms with Crippen molar-refractivity contribution < 1.29 is 0 Å². The number of nitrogens with zero attached hydrogens (tertiary/aromatic N) is 3. The zero-order valence-electron chi connectivity index (χ0n) is 14.7. The molecular weight excluding hydrogens is 592 g/mol. The van der Waals surface area contributed by atoms with Crippen LogP contribution in [0.25, 0.3) is 11.0 Å². The van der Waals surface area contributed by atoms with E-state index in [9.17, 15) is 0 Å². The number of nitrogens with two attached hydrogens (primary N) is 1. The maximum absolute atomic E-state index is 6.20. The quantitative estimate of drug-likeness (QED) is 0.243. The Labute approximate surface area is 168 Å². The van der Waals surface area contributed by atoms with E-state index in [2.05, 4.69) is 85.8 Å². The number of fused-ring (bicyclic) bond motifs is 1. The van der Waals surface area contributed by atoms with Crippen molar-refractivity contribution in [3.05, 3.63) is 15.7 Å². The molecule has 122 valence electrons. The van der Waals surface area contributed by atoms with Gasteiger partial charge in [-0.25, -0.2) is 0 Å². The third-order valence-electron chi connectivity index (χ3n) is 3.36. The first-order chi connectivity index (χ1) is 10.4. The molecule has 1 aromatic heterocycles. The second-order valence-corrected chi connectivity index (χ2v) is 11.8. The molecule has 23 heavy (non-hydrogen) atoms. The molecule has 0 unspecified atom stereocenters. The molecule has 0 amide bonds. The molecule has 2 aromatic rings. The number of benzene rings is 1. The van der Waals surface area contributed by atoms with Gasteiger partial charge in [-0.05, 0) is 0 Å². The van der Waals surface area contributed by atoms with E-state index in [1.165, 1.54) is 6.69 Å². The molecule has 0 spiro atoms. The first-order valence-electron chi connectivity index (χ1n) is 7.69. The molecule has 0 saturated carbocycles. The minimum absolute atomic E-state index is 0.100. The fourth-order valence-corrected chi connectivity index (χ4v) is 6.08. The van der Waals surface area contributed by atoms with E-state index < -0.39 is 0 Å². The second-order valence-electron chi connectivity index (χ2n) is 8.12. The Hall–Kier alpha value is -0.188. The van der Waals surface area contributed by atoms with Crippen molar-refractivity contribution >= 4 is 74.3 Å². The van der Waals surface area contributed by atoms with E-state index in [1.807, 2.05) is 0 Å². The minimum atomic E-state index is -0.100. The number of hydrogen-bond donors (Lipinski definition) is 1. The third-order valence-corrected chi connectivity index (χ3v) is 5.70. The molecule has 4 nitrogen and oxygen atoms in total. The van der Waals surface area contributed by atoms with Gasteiger partial charge < -0.3 is 0 Å². The van der Waals surface area contributed by atoms with Gasteiger partial charge in [0.15, 0.2) is 0 Å². The molecule has 0 atom stereocenters. The monoisotopic (exact) mass is 616 g/mol. The van der Waals surface area contributed by atoms with E-state index in [1.54, 1.807) is 0 Å². The van der Waals surface area contributed by atoms with E-state index in [0.717, 1.165) is 49.2 Å². The Balaban J connectivity index is 2.69. The van der Waals surface area contributed by atoms with Gasteiger partial charge in [0.1, 0.15) is 0 Å². The molecular formula is C17H24IN4Tl. The summed E-state index contributed by atoms with van der Waals surface area (Å²) < 4.78 is 4.79. The summed E-state index contributed by atoms with van der Waals surface area (Å²) in [7, 11) is 0. The van der Waals surface area contributed by atoms with Gasteiger partial charge in [0.25, 0.3) is 0 Å². The van der Waals surface area contributed by atoms with E-state index >= 15 is 0 Å². The average Bonchev–Trinajstić information content (AvgIpc) is 2.63. The Kier molecular flexibility index (Phi) is 5.50. The Morgan fingerprint density at radius 1 is 1.26 bits per heavy atom. The van der Waals surface area contributed by atoms with Crippen LogP contribution in [0.5, 0.6) is 0 Å². The molecule has 1 aromatic carbocycles. The first-order valence-corrected chi connectivity index (χ1v) is 11.0. The van der Waals surface area contributed by atoms with Crippen LogP contribution in [0.2, 0.25) is 0 Å². The van der Waals surface area contributed by atoms with Crippen LogP contribution in [-0.2, 0) is 5.54 Å². The molecule has 0 aliphatic rings. The molecule has 0 fully saturated rings. The van der Waals surface area contributed by atoms with Crippen LogP contribution < -0.4 is 8.86 Å². The third kappa shape index (κ3) is 4.67. The summed E-state index contributed by atoms with van der Waals surface area (Å²) in [5.41, 5.74) is 8.45. The molecule has 0 aliphatic carbocycles. The van der Waals surface area contributed by atoms with Gasteiger partial charge in [-0.1, -0.05) is 0 Å². The van der Waals surface area contributed by atoms with Crippen molar-refractivity contribution in [2.45, 2.75) is 53.5 Å². The number of aromatic nitrogens is 2. The zero-order valence-corrected chi connectivity index (χ0v) is 21.4. The molecule has 0 radical (unpaired) electrons. The summed E-state index contributed by atoms with van der Waals surface area (Å²) in [6.45, 7) is 13.1. The molecule has 0 aliphatic heterocycles. The first kappa shape index (κ1) is 19.1. The van der Waals surface area contributed by atoms with E-state index in [-0.39, 0.29) is 11.0 Å². The van der Waals surface area contributed by atoms with Crippen molar-refractivity contribution in [3.8, 4) is 0 Å². The Morgan fingerprint density at radius 2 is 1.87 bits per heavy atom. The summed E-state index contributed by atoms with van der Waals surface area (Å²) in [6, 6.07) is 4.42. The van der Waals surface area contributed by atoms with Crippen molar-refractivity contribution in [2.75, 3.05) is 0 Å². The van der Waals surface area contributed by atoms with Crippen LogP contribution in [0.4, 0.5) is 5.95 Å². The summed E-state index contributed by atoms with van der Waals surface area (Å²) in [5.74, 6) is 1.36. The van der Waals surface area contributed by atoms with Crippen LogP contribution in [0.15, 0.2) is 17.1 Å². The second kappa shape index (κ2) is 6.61. The van der Waals surface area contributed by atoms with Crippen LogP contribution in [0.3, 0.4) is 0 Å². The number of rotatable bonds is 2. The summed E-state index contributed by atoms with van der Waals surface area (Å²) >= 11 is 3.12. The molecule has 6 heteroatoms. The summed E-state index contributed by atoms with van der Waals surface area (Å²) in [6.07, 6.45) is 0.757. The van der Waals surface area contributed by atoms with Crippen LogP contribution >= 0.6 is 22.6 Å². The number of aliphatic imine (C=N–C) groups is 1. The fourth-order valence-electron chi connectivity index (χ4n) is 2.60. The zero-order chi connectivity index (χ0) is 17.6. The normalized spacial score (nSPS) is 13.7. The van der Waals surface area contributed by atoms with E-state index in [0.29, 0.717) is 5.84 Å². The van der Waals surface area contributed by atoms with Crippen molar-refractivity contribution in [2.24, 2.45) is 16.1 Å². The number of amidine groups is 1. The van der Waals surface area contributed by atoms with Gasteiger partial charge in [-0.15, -0.1) is 0 Å². The fraction of sp³-hybridized carbons (Fsp3) is 0.529. The number of halogens is 1. The Bertz CT molecular complexity index is 763. The maximum atomic E-state index is 6.20. The van der Waals surface area contributed by atoms with Crippen LogP contribution in [0, 0.1) is 8.99 Å². The molecule has 2 N–H and O–H groups in total. The van der Waals surface area contributed by atoms with Crippen LogP contribution in [0.1, 0.15) is 48.0 Å². The molecule has 2 rings (SSSR count). The van der Waals surface area contributed by atoms with Gasteiger partial charge in [0, 0.05) is 0 Å². The number of imidazole rings is 1. The average molecular weight is 616 g/mol. The van der Waals surface area contributed by atoms with Gasteiger partial charge in [-0.2, -0.15) is 0 Å². The summed E-state index contributed by atoms with van der Waals surface area (Å²) in [5, 5.41) is 0. The molecule has 0 saturated heterocycles. The SMILES string of the molecule is CC(C)(C)CC(N)=Nc1nc2[c]([Tl])cc(I)cc2n1C(C)(C)C. The van der Waals surface area contributed by atoms with Crippen molar-refractivity contribution in [1.82, 2.24) is 9.55 Å². The summed E-state index contributed by atoms with van der Waals surface area (Å²) in [4.78, 5) is 9.50. The van der Waals surface area contributed by atoms with Gasteiger partial charge >= 0.3 is 169 Å². The molecule has 0 bridgehead atoms. The van der Waals surface area contributed by atoms with Gasteiger partial charge in [0.05, 0.1) is 0 Å². The van der Waals surface area contributed by atoms with Crippen LogP contribution in [-0.4, -0.2) is 41.2 Å². The van der Waals surface area contributed by atoms with Crippen molar-refractivity contribution in [3.63, 3.8) is 0 Å². The van der Waals surface area contributed by atoms with E-state index in [4.69, 9.17) is 10.7 Å². The van der Waals surface area contributed by atoms with Crippen molar-refractivity contribution in [1.29, 1.82) is 0 Å². The topological polar surface area (TPSA) is 56.2 Å². The predicted molar refractivity (Wildman–Crippen MR) is 108 cm³/mol. The van der Waals surface area contributed by atoms with Gasteiger partial charge in [0.2, 0.25) is 0 Å². The van der Waals surface area contributed by atoms with Gasteiger partial charge in [-0.3, -0.25) is 0 Å². The standard InChI is InChI=1S/C17H24IN4.Tl/c1-16(2,3)10-14(19)21-15-20-12-8-7-11(18)9-13(12)22(15)17(4,5)6;/h7,9H,10H2,1-6H3,(H2,19,20,21);. The predicted octanol–water partition coefficient (Wildman–Crippen LogP) is 3.61. The Morgan fingerprint density at radius 3 is 2.39 bits per heavy atom. The molecule has 1 heterocycles. The number of hydrogen-bond acceptors (Lipinski definition) is 2.